The maximum atomic E-state index is 16.9. The van der Waals surface area contributed by atoms with Crippen molar-refractivity contribution in [3.63, 3.8) is 0 Å². The number of phenolic OH excluding ortho intramolecular Hbond substituents is 1. The van der Waals surface area contributed by atoms with Crippen molar-refractivity contribution in [3.8, 4) is 23.0 Å². The lowest BCUT2D eigenvalue weighted by Crippen LogP contribution is -2.43. The summed E-state index contributed by atoms with van der Waals surface area (Å²) in [7, 11) is 0. The van der Waals surface area contributed by atoms with Gasteiger partial charge in [0, 0.05) is 49.9 Å². The summed E-state index contributed by atoms with van der Waals surface area (Å²) < 4.78 is 54.1. The van der Waals surface area contributed by atoms with Gasteiger partial charge in [0.15, 0.2) is 5.82 Å². The number of aryl methyl sites for hydroxylation is 2. The predicted molar refractivity (Wildman–Crippen MR) is 182 cm³/mol. The Bertz CT molecular complexity index is 2130. The van der Waals surface area contributed by atoms with Crippen molar-refractivity contribution in [2.45, 2.75) is 64.1 Å². The number of alkyl halides is 1. The number of rotatable bonds is 7. The van der Waals surface area contributed by atoms with E-state index in [1.807, 2.05) is 18.7 Å². The van der Waals surface area contributed by atoms with Crippen molar-refractivity contribution in [2.75, 3.05) is 37.7 Å². The van der Waals surface area contributed by atoms with E-state index in [0.29, 0.717) is 72.9 Å². The molecule has 3 aromatic heterocycles. The van der Waals surface area contributed by atoms with E-state index in [-0.39, 0.29) is 47.0 Å². The number of aromatic hydroxyl groups is 1. The number of aromatic nitrogens is 5. The van der Waals surface area contributed by atoms with Gasteiger partial charge in [0.1, 0.15) is 41.4 Å². The number of hydrogen-bond donors (Lipinski definition) is 1. The zero-order chi connectivity index (χ0) is 34.7. The Hall–Kier alpha value is -4.78. The largest absolute Gasteiger partial charge is 0.508 e. The van der Waals surface area contributed by atoms with E-state index in [1.165, 1.54) is 29.1 Å². The highest BCUT2D eigenvalue weighted by atomic mass is 19.1. The smallest absolute Gasteiger partial charge is 0.319 e. The molecule has 2 aromatic carbocycles. The van der Waals surface area contributed by atoms with Gasteiger partial charge < -0.3 is 14.7 Å². The van der Waals surface area contributed by atoms with E-state index in [9.17, 15) is 14.3 Å². The van der Waals surface area contributed by atoms with E-state index in [2.05, 4.69) is 20.0 Å². The lowest BCUT2D eigenvalue weighted by atomic mass is 9.94. The molecule has 0 spiro atoms. The molecule has 5 aromatic rings. The Labute approximate surface area is 286 Å². The summed E-state index contributed by atoms with van der Waals surface area (Å²) in [5.74, 6) is -1.21. The number of nitrogens with zero attached hydrogens (tertiary/aromatic N) is 7. The second-order valence-electron chi connectivity index (χ2n) is 13.9. The van der Waals surface area contributed by atoms with Crippen LogP contribution in [0.5, 0.6) is 11.8 Å². The number of carbonyl (C=O) groups excluding carboxylic acids is 1. The molecule has 13 heteroatoms. The van der Waals surface area contributed by atoms with E-state index >= 15 is 8.78 Å². The monoisotopic (exact) mass is 685 g/mol. The van der Waals surface area contributed by atoms with Gasteiger partial charge in [-0.05, 0) is 85.7 Å². The van der Waals surface area contributed by atoms with Crippen LogP contribution in [0.25, 0.3) is 32.9 Å². The predicted octanol–water partition coefficient (Wildman–Crippen LogP) is 6.41. The Balaban J connectivity index is 1.20. The molecule has 3 aliphatic heterocycles. The molecule has 260 valence electrons. The highest BCUT2D eigenvalue weighted by Gasteiger charge is 2.49. The number of ether oxygens (including phenoxy) is 1. The fourth-order valence-corrected chi connectivity index (χ4v) is 8.25. The van der Waals surface area contributed by atoms with Crippen LogP contribution in [-0.4, -0.2) is 85.1 Å². The Morgan fingerprint density at radius 1 is 1.12 bits per heavy atom. The van der Waals surface area contributed by atoms with Crippen LogP contribution in [0.4, 0.5) is 19.0 Å². The van der Waals surface area contributed by atoms with Crippen LogP contribution in [0, 0.1) is 24.5 Å². The summed E-state index contributed by atoms with van der Waals surface area (Å²) >= 11 is 0. The molecular formula is C37H38F3N7O3. The van der Waals surface area contributed by atoms with Crippen molar-refractivity contribution < 1.29 is 27.8 Å². The van der Waals surface area contributed by atoms with Gasteiger partial charge in [0.05, 0.1) is 17.1 Å². The van der Waals surface area contributed by atoms with Gasteiger partial charge in [-0.2, -0.15) is 15.1 Å². The number of carbonyl (C=O) groups is 1. The third-order valence-corrected chi connectivity index (χ3v) is 10.7. The summed E-state index contributed by atoms with van der Waals surface area (Å²) in [6.45, 7) is 5.94. The Morgan fingerprint density at radius 2 is 1.94 bits per heavy atom. The van der Waals surface area contributed by atoms with E-state index in [1.54, 1.807) is 18.5 Å². The van der Waals surface area contributed by atoms with Crippen LogP contribution in [0.1, 0.15) is 54.9 Å². The van der Waals surface area contributed by atoms with Crippen LogP contribution in [0.2, 0.25) is 0 Å². The van der Waals surface area contributed by atoms with E-state index in [4.69, 9.17) is 9.72 Å². The first-order valence-corrected chi connectivity index (χ1v) is 17.3. The van der Waals surface area contributed by atoms with Crippen LogP contribution in [0.3, 0.4) is 0 Å². The Kier molecular flexibility index (Phi) is 8.12. The first-order valence-electron chi connectivity index (χ1n) is 17.3. The summed E-state index contributed by atoms with van der Waals surface area (Å²) in [6, 6.07) is 5.75. The molecule has 0 unspecified atom stereocenters. The van der Waals surface area contributed by atoms with Crippen LogP contribution < -0.4 is 9.64 Å². The molecule has 3 fully saturated rings. The third kappa shape index (κ3) is 5.51. The Morgan fingerprint density at radius 3 is 2.70 bits per heavy atom. The quantitative estimate of drug-likeness (QED) is 0.208. The lowest BCUT2D eigenvalue weighted by molar-refractivity contribution is 0.0796. The van der Waals surface area contributed by atoms with Crippen LogP contribution >= 0.6 is 0 Å². The number of phenols is 1. The van der Waals surface area contributed by atoms with Gasteiger partial charge in [-0.15, -0.1) is 0 Å². The average Bonchev–Trinajstić information content (AvgIpc) is 3.80. The second-order valence-corrected chi connectivity index (χ2v) is 13.9. The summed E-state index contributed by atoms with van der Waals surface area (Å²) in [5.41, 5.74) is 0.930. The molecular weight excluding hydrogens is 647 g/mol. The fourth-order valence-electron chi connectivity index (χ4n) is 8.25. The van der Waals surface area contributed by atoms with Gasteiger partial charge in [0.25, 0.3) is 0 Å². The fraction of sp³-hybridized carbons (Fsp3) is 0.432. The second kappa shape index (κ2) is 12.5. The summed E-state index contributed by atoms with van der Waals surface area (Å²) in [6.07, 6.45) is 7.42. The number of benzene rings is 2. The van der Waals surface area contributed by atoms with Gasteiger partial charge in [-0.3, -0.25) is 14.7 Å². The molecule has 1 N–H and O–H groups in total. The number of fused-ring (bicyclic) bond motifs is 3. The zero-order valence-electron chi connectivity index (χ0n) is 28.0. The van der Waals surface area contributed by atoms with Crippen molar-refractivity contribution in [1.82, 2.24) is 29.6 Å². The minimum Gasteiger partial charge on any atom is -0.508 e. The highest BCUT2D eigenvalue weighted by molar-refractivity contribution is 6.01. The third-order valence-electron chi connectivity index (χ3n) is 10.7. The molecule has 10 nitrogen and oxygen atoms in total. The van der Waals surface area contributed by atoms with Crippen molar-refractivity contribution in [1.29, 1.82) is 0 Å². The molecule has 0 aliphatic carbocycles. The van der Waals surface area contributed by atoms with Gasteiger partial charge >= 0.3 is 6.01 Å². The van der Waals surface area contributed by atoms with E-state index in [0.717, 1.165) is 24.9 Å². The first-order chi connectivity index (χ1) is 24.1. The lowest BCUT2D eigenvalue weighted by Gasteiger charge is -2.33. The van der Waals surface area contributed by atoms with Gasteiger partial charge in [-0.25, -0.2) is 17.9 Å². The van der Waals surface area contributed by atoms with Gasteiger partial charge in [-0.1, -0.05) is 13.0 Å². The standard InChI is InChI=1S/C37H38F3N7O3/c1-3-26-29(39)6-5-23-13-25(48)14-27(30(23)26)32-31(40)33-28(17-41-32)34(45-11-7-22(8-12-45)35(49)47-18-21(2)16-42-47)44-36(43-33)50-20-37-9-4-10-46(37)19-24(38)15-37/h5-6,13-14,16-18,22,24,48H,3-4,7-12,15,19-20H2,1-2H3/t24-,37+/m1/s1. The summed E-state index contributed by atoms with van der Waals surface area (Å²) in [4.78, 5) is 31.1. The average molecular weight is 686 g/mol. The van der Waals surface area contributed by atoms with Crippen molar-refractivity contribution in [2.24, 2.45) is 5.92 Å². The number of anilines is 1. The summed E-state index contributed by atoms with van der Waals surface area (Å²) in [5, 5.41) is 16.2. The first kappa shape index (κ1) is 32.4. The SMILES string of the molecule is CCc1c(F)ccc2cc(O)cc(-c3ncc4c(N5CCC(C(=O)n6cc(C)cn6)CC5)nc(OC[C@@]56CCCN5C[C@H](F)C6)nc4c3F)c12. The zero-order valence-corrected chi connectivity index (χ0v) is 28.0. The highest BCUT2D eigenvalue weighted by Crippen LogP contribution is 2.42. The van der Waals surface area contributed by atoms with Gasteiger partial charge in [0.2, 0.25) is 5.91 Å². The number of pyridine rings is 1. The number of hydrogen-bond acceptors (Lipinski definition) is 9. The molecule has 0 amide bonds. The normalized spacial score (nSPS) is 21.4. The molecule has 2 atom stereocenters. The van der Waals surface area contributed by atoms with E-state index < -0.39 is 23.3 Å². The molecule has 0 bridgehead atoms. The maximum absolute atomic E-state index is 16.9. The number of halogens is 3. The number of piperidine rings is 1. The molecule has 6 heterocycles. The molecule has 0 radical (unpaired) electrons. The van der Waals surface area contributed by atoms with Crippen LogP contribution in [-0.2, 0) is 6.42 Å². The van der Waals surface area contributed by atoms with Crippen molar-refractivity contribution >= 4 is 33.4 Å². The minimum absolute atomic E-state index is 0.0401. The van der Waals surface area contributed by atoms with Crippen molar-refractivity contribution in [3.05, 3.63) is 65.6 Å². The molecule has 8 rings (SSSR count). The molecule has 0 saturated carbocycles. The molecule has 50 heavy (non-hydrogen) atoms. The molecule has 3 aliphatic rings. The topological polar surface area (TPSA) is 110 Å². The maximum Gasteiger partial charge on any atom is 0.319 e. The van der Waals surface area contributed by atoms with Crippen LogP contribution in [0.15, 0.2) is 42.9 Å². The molecule has 3 saturated heterocycles. The minimum atomic E-state index is -0.942.